The summed E-state index contributed by atoms with van der Waals surface area (Å²) in [6, 6.07) is -0.309. The van der Waals surface area contributed by atoms with Crippen molar-refractivity contribution in [1.29, 1.82) is 0 Å². The quantitative estimate of drug-likeness (QED) is 0.521. The number of hydrogen-bond donors (Lipinski definition) is 2. The molecule has 1 aliphatic heterocycles. The Morgan fingerprint density at radius 2 is 1.92 bits per heavy atom. The van der Waals surface area contributed by atoms with Crippen molar-refractivity contribution < 1.29 is 41.0 Å². The van der Waals surface area contributed by atoms with E-state index >= 15 is 0 Å². The van der Waals surface area contributed by atoms with Gasteiger partial charge in [-0.25, -0.2) is 27.9 Å². The molecule has 0 saturated carbocycles. The largest absolute Gasteiger partial charge is 0.444 e. The molecule has 206 valence electrons. The normalized spacial score (nSPS) is 17.5. The number of nitrogens with zero attached hydrogens (tertiary/aromatic N) is 4. The predicted molar refractivity (Wildman–Crippen MR) is 120 cm³/mol. The highest BCUT2D eigenvalue weighted by atomic mass is 19.4. The first-order chi connectivity index (χ1) is 16.9. The fraction of sp³-hybridized carbons (Fsp3) is 0.636. The monoisotopic (exact) mass is 536 g/mol. The number of fused-ring (bicyclic) bond motifs is 1. The Morgan fingerprint density at radius 1 is 1.24 bits per heavy atom. The lowest BCUT2D eigenvalue weighted by Gasteiger charge is -2.32. The summed E-state index contributed by atoms with van der Waals surface area (Å²) in [5.74, 6) is -3.09. The van der Waals surface area contributed by atoms with E-state index in [9.17, 15) is 31.5 Å². The van der Waals surface area contributed by atoms with E-state index in [2.05, 4.69) is 20.7 Å². The molecule has 37 heavy (non-hydrogen) atoms. The average Bonchev–Trinajstić information content (AvgIpc) is 3.15. The van der Waals surface area contributed by atoms with E-state index in [0.717, 1.165) is 18.7 Å². The minimum atomic E-state index is -4.67. The summed E-state index contributed by atoms with van der Waals surface area (Å²) in [4.78, 5) is 29.6. The highest BCUT2D eigenvalue weighted by molar-refractivity contribution is 5.75. The second-order valence-electron chi connectivity index (χ2n) is 10.2. The Balaban J connectivity index is 1.84. The number of alkyl halides is 5. The summed E-state index contributed by atoms with van der Waals surface area (Å²) in [6.45, 7) is 4.31. The van der Waals surface area contributed by atoms with E-state index in [1.807, 2.05) is 0 Å². The molecular formula is C22H29F5N6O4. The maximum absolute atomic E-state index is 13.7. The second kappa shape index (κ2) is 9.91. The molecule has 1 saturated heterocycles. The van der Waals surface area contributed by atoms with Crippen LogP contribution in [0.15, 0.2) is 18.5 Å². The Labute approximate surface area is 209 Å². The fourth-order valence-corrected chi connectivity index (χ4v) is 3.28. The van der Waals surface area contributed by atoms with Gasteiger partial charge in [-0.15, -0.1) is 0 Å². The van der Waals surface area contributed by atoms with Crippen LogP contribution in [0.2, 0.25) is 0 Å². The molecule has 2 aromatic rings. The smallest absolute Gasteiger partial charge is 0.416 e. The van der Waals surface area contributed by atoms with Gasteiger partial charge >= 0.3 is 18.3 Å². The molecule has 3 amide bonds. The Morgan fingerprint density at radius 3 is 2.54 bits per heavy atom. The molecule has 2 N–H and O–H groups in total. The van der Waals surface area contributed by atoms with Gasteiger partial charge in [-0.1, -0.05) is 0 Å². The third kappa shape index (κ3) is 7.40. The van der Waals surface area contributed by atoms with Crippen LogP contribution in [0.3, 0.4) is 0 Å². The number of urea groups is 1. The van der Waals surface area contributed by atoms with Gasteiger partial charge in [-0.3, -0.25) is 0 Å². The number of alkyl carbamates (subject to hydrolysis) is 1. The number of nitrogens with one attached hydrogen (secondary N) is 2. The number of carbonyl (C=O) groups is 2. The molecule has 1 aliphatic rings. The molecule has 0 radical (unpaired) electrons. The zero-order valence-corrected chi connectivity index (χ0v) is 20.9. The minimum Gasteiger partial charge on any atom is -0.444 e. The number of ether oxygens (including phenoxy) is 2. The van der Waals surface area contributed by atoms with E-state index in [1.165, 1.54) is 23.0 Å². The number of aromatic nitrogens is 3. The summed E-state index contributed by atoms with van der Waals surface area (Å²) < 4.78 is 78.9. The molecule has 0 spiro atoms. The molecule has 3 heterocycles. The van der Waals surface area contributed by atoms with Crippen molar-refractivity contribution >= 4 is 17.8 Å². The first kappa shape index (κ1) is 28.3. The molecule has 0 aliphatic carbocycles. The van der Waals surface area contributed by atoms with Crippen LogP contribution in [-0.2, 0) is 16.0 Å². The van der Waals surface area contributed by atoms with Crippen molar-refractivity contribution in [3.63, 3.8) is 0 Å². The van der Waals surface area contributed by atoms with Crippen LogP contribution < -0.4 is 10.6 Å². The highest BCUT2D eigenvalue weighted by Crippen LogP contribution is 2.33. The standard InChI is InChI=1S/C22H29F5N6O4/c1-19(2,3)37-18(35)31-15(10-36-20(4,5)22(25,26)27)14-9-33-16(30-14)6-13(7-29-33)8-32-12-21(23,24)11-28-17(32)34/h6-7,9,15H,8,10-12H2,1-5H3,(H,28,34)(H,31,35). The second-order valence-corrected chi connectivity index (χ2v) is 10.2. The van der Waals surface area contributed by atoms with Crippen molar-refractivity contribution in [3.05, 3.63) is 29.7 Å². The van der Waals surface area contributed by atoms with Gasteiger partial charge in [0.15, 0.2) is 11.2 Å². The van der Waals surface area contributed by atoms with Crippen LogP contribution in [0.25, 0.3) is 5.65 Å². The zero-order valence-electron chi connectivity index (χ0n) is 20.9. The molecule has 10 nitrogen and oxygen atoms in total. The van der Waals surface area contributed by atoms with E-state index in [-0.39, 0.29) is 17.9 Å². The lowest BCUT2D eigenvalue weighted by atomic mass is 10.1. The lowest BCUT2D eigenvalue weighted by molar-refractivity contribution is -0.265. The number of amides is 3. The Kier molecular flexibility index (Phi) is 7.59. The number of imidazole rings is 1. The van der Waals surface area contributed by atoms with Gasteiger partial charge in [0, 0.05) is 6.54 Å². The summed E-state index contributed by atoms with van der Waals surface area (Å²) in [5, 5.41) is 8.73. The van der Waals surface area contributed by atoms with Gasteiger partial charge in [0.25, 0.3) is 5.92 Å². The molecule has 15 heteroatoms. The van der Waals surface area contributed by atoms with Crippen LogP contribution in [0.1, 0.15) is 51.9 Å². The molecular weight excluding hydrogens is 507 g/mol. The number of hydrogen-bond acceptors (Lipinski definition) is 6. The van der Waals surface area contributed by atoms with E-state index in [4.69, 9.17) is 9.47 Å². The minimum absolute atomic E-state index is 0.121. The van der Waals surface area contributed by atoms with E-state index in [1.54, 1.807) is 20.8 Å². The number of halogens is 5. The Bertz CT molecular complexity index is 1140. The number of rotatable bonds is 7. The van der Waals surface area contributed by atoms with Crippen molar-refractivity contribution in [1.82, 2.24) is 30.1 Å². The van der Waals surface area contributed by atoms with Gasteiger partial charge in [-0.05, 0) is 46.2 Å². The molecule has 1 fully saturated rings. The zero-order chi connectivity index (χ0) is 27.8. The van der Waals surface area contributed by atoms with Gasteiger partial charge in [-0.2, -0.15) is 18.3 Å². The maximum atomic E-state index is 13.7. The van der Waals surface area contributed by atoms with Gasteiger partial charge in [0.2, 0.25) is 0 Å². The summed E-state index contributed by atoms with van der Waals surface area (Å²) in [6.07, 6.45) is -2.84. The van der Waals surface area contributed by atoms with Gasteiger partial charge in [0.1, 0.15) is 5.60 Å². The van der Waals surface area contributed by atoms with Crippen molar-refractivity contribution in [3.8, 4) is 0 Å². The maximum Gasteiger partial charge on any atom is 0.416 e. The predicted octanol–water partition coefficient (Wildman–Crippen LogP) is 3.81. The summed E-state index contributed by atoms with van der Waals surface area (Å²) >= 11 is 0. The Hall–Kier alpha value is -3.23. The van der Waals surface area contributed by atoms with Crippen LogP contribution >= 0.6 is 0 Å². The van der Waals surface area contributed by atoms with E-state index < -0.39 is 61.2 Å². The van der Waals surface area contributed by atoms with Crippen LogP contribution in [0.4, 0.5) is 31.5 Å². The highest BCUT2D eigenvalue weighted by Gasteiger charge is 2.49. The van der Waals surface area contributed by atoms with Gasteiger partial charge < -0.3 is 25.0 Å². The van der Waals surface area contributed by atoms with E-state index in [0.29, 0.717) is 5.56 Å². The topological polar surface area (TPSA) is 110 Å². The summed E-state index contributed by atoms with van der Waals surface area (Å²) in [7, 11) is 0. The SMILES string of the molecule is CC(C)(C)OC(=O)NC(COC(C)(C)C(F)(F)F)c1cn2ncc(CN3CC(F)(F)CNC3=O)cc2n1. The lowest BCUT2D eigenvalue weighted by Crippen LogP contribution is -2.56. The first-order valence-corrected chi connectivity index (χ1v) is 11.3. The van der Waals surface area contributed by atoms with Crippen molar-refractivity contribution in [2.24, 2.45) is 0 Å². The van der Waals surface area contributed by atoms with Crippen LogP contribution in [0.5, 0.6) is 0 Å². The first-order valence-electron chi connectivity index (χ1n) is 11.3. The molecule has 1 atom stereocenters. The third-order valence-corrected chi connectivity index (χ3v) is 5.32. The van der Waals surface area contributed by atoms with Crippen LogP contribution in [-0.4, -0.2) is 74.6 Å². The molecule has 1 unspecified atom stereocenters. The van der Waals surface area contributed by atoms with Crippen molar-refractivity contribution in [2.45, 2.75) is 70.5 Å². The number of carbonyl (C=O) groups excluding carboxylic acids is 2. The summed E-state index contributed by atoms with van der Waals surface area (Å²) in [5.41, 5.74) is -2.65. The molecule has 0 aromatic carbocycles. The molecule has 3 rings (SSSR count). The molecule has 0 bridgehead atoms. The fourth-order valence-electron chi connectivity index (χ4n) is 3.28. The third-order valence-electron chi connectivity index (χ3n) is 5.32. The molecule has 2 aromatic heterocycles. The average molecular weight is 537 g/mol. The van der Waals surface area contributed by atoms with Crippen molar-refractivity contribution in [2.75, 3.05) is 19.7 Å². The van der Waals surface area contributed by atoms with Crippen LogP contribution in [0, 0.1) is 0 Å². The van der Waals surface area contributed by atoms with Gasteiger partial charge in [0.05, 0.1) is 43.8 Å².